The molecule has 3 nitrogen and oxygen atoms in total. The number of rotatable bonds is 2. The molecule has 0 aliphatic carbocycles. The molecule has 0 saturated carbocycles. The molecule has 2 aromatic carbocycles. The number of nitriles is 1. The van der Waals surface area contributed by atoms with Crippen LogP contribution in [0.4, 0.5) is 14.5 Å². The van der Waals surface area contributed by atoms with Crippen molar-refractivity contribution in [1.29, 1.82) is 5.26 Å². The third-order valence-corrected chi connectivity index (χ3v) is 2.67. The highest BCUT2D eigenvalue weighted by atomic mass is 19.1. The van der Waals surface area contributed by atoms with Crippen LogP contribution in [-0.2, 0) is 0 Å². The van der Waals surface area contributed by atoms with Crippen LogP contribution >= 0.6 is 0 Å². The molecular weight excluding hydrogens is 238 g/mol. The summed E-state index contributed by atoms with van der Waals surface area (Å²) >= 11 is 0. The van der Waals surface area contributed by atoms with Crippen molar-refractivity contribution in [2.24, 2.45) is 0 Å². The van der Waals surface area contributed by atoms with Gasteiger partial charge in [-0.25, -0.2) is 8.78 Å². The molecule has 18 heavy (non-hydrogen) atoms. The summed E-state index contributed by atoms with van der Waals surface area (Å²) in [6.07, 6.45) is 0. The molecule has 0 bridgehead atoms. The molecule has 0 unspecified atom stereocenters. The molecule has 0 aliphatic rings. The van der Waals surface area contributed by atoms with E-state index in [4.69, 9.17) is 15.7 Å². The molecule has 92 valence electrons. The van der Waals surface area contributed by atoms with Gasteiger partial charge in [0, 0.05) is 11.1 Å². The van der Waals surface area contributed by atoms with E-state index in [9.17, 15) is 8.78 Å². The Morgan fingerprint density at radius 2 is 2.11 bits per heavy atom. The predicted octanol–water partition coefficient (Wildman–Crippen LogP) is 3.05. The topological polar surface area (TPSA) is 59.0 Å². The summed E-state index contributed by atoms with van der Waals surface area (Å²) in [5, 5.41) is 9.89. The van der Waals surface area contributed by atoms with E-state index >= 15 is 0 Å². The van der Waals surface area contributed by atoms with Crippen molar-refractivity contribution in [1.82, 2.24) is 0 Å². The number of aryl methyl sites for hydroxylation is 1. The Labute approximate surface area is 102 Å². The minimum absolute atomic E-state index is 0.0764. The lowest BCUT2D eigenvalue weighted by Crippen LogP contribution is -1.99. The number of hydrogen-bond acceptors (Lipinski definition) is 3. The smallest absolute Gasteiger partial charge is 0.228 e. The molecule has 0 heterocycles. The standard InChI is InChI=1S/C13H10F2N2O/c1-7-2-9(17)3-8-4-11(15)10(5-16)13(12(7)8)18-6-14/h2-4H,6,17H2,1H3. The summed E-state index contributed by atoms with van der Waals surface area (Å²) in [5.41, 5.74) is 6.54. The van der Waals surface area contributed by atoms with Gasteiger partial charge in [-0.2, -0.15) is 5.26 Å². The number of nitrogens with zero attached hydrogens (tertiary/aromatic N) is 1. The molecule has 0 radical (unpaired) electrons. The van der Waals surface area contributed by atoms with Crippen molar-refractivity contribution >= 4 is 16.5 Å². The van der Waals surface area contributed by atoms with Crippen LogP contribution in [0, 0.1) is 24.1 Å². The van der Waals surface area contributed by atoms with Crippen molar-refractivity contribution in [2.75, 3.05) is 12.6 Å². The highest BCUT2D eigenvalue weighted by molar-refractivity contribution is 5.95. The fraction of sp³-hybridized carbons (Fsp3) is 0.154. The summed E-state index contributed by atoms with van der Waals surface area (Å²) in [4.78, 5) is 0. The third kappa shape index (κ3) is 1.82. The van der Waals surface area contributed by atoms with E-state index < -0.39 is 12.7 Å². The molecule has 0 atom stereocenters. The third-order valence-electron chi connectivity index (χ3n) is 2.67. The maximum absolute atomic E-state index is 13.7. The van der Waals surface area contributed by atoms with Gasteiger partial charge in [-0.15, -0.1) is 0 Å². The zero-order valence-electron chi connectivity index (χ0n) is 9.63. The van der Waals surface area contributed by atoms with E-state index in [0.29, 0.717) is 22.0 Å². The summed E-state index contributed by atoms with van der Waals surface area (Å²) in [7, 11) is 0. The second-order valence-electron chi connectivity index (χ2n) is 3.86. The second kappa shape index (κ2) is 4.49. The van der Waals surface area contributed by atoms with Crippen LogP contribution in [0.25, 0.3) is 10.8 Å². The monoisotopic (exact) mass is 248 g/mol. The molecule has 0 aliphatic heterocycles. The summed E-state index contributed by atoms with van der Waals surface area (Å²) in [6.45, 7) is 0.611. The molecule has 0 saturated heterocycles. The zero-order valence-corrected chi connectivity index (χ0v) is 9.63. The van der Waals surface area contributed by atoms with Crippen molar-refractivity contribution in [3.63, 3.8) is 0 Å². The van der Waals surface area contributed by atoms with E-state index in [-0.39, 0.29) is 11.3 Å². The number of nitrogens with two attached hydrogens (primary N) is 1. The van der Waals surface area contributed by atoms with Gasteiger partial charge in [0.2, 0.25) is 6.86 Å². The van der Waals surface area contributed by atoms with E-state index in [1.807, 2.05) is 0 Å². The zero-order chi connectivity index (χ0) is 13.3. The van der Waals surface area contributed by atoms with Gasteiger partial charge < -0.3 is 10.5 Å². The SMILES string of the molecule is Cc1cc(N)cc2cc(F)c(C#N)c(OCF)c12. The first-order valence-corrected chi connectivity index (χ1v) is 5.19. The Morgan fingerprint density at radius 3 is 2.72 bits per heavy atom. The Balaban J connectivity index is 2.93. The lowest BCUT2D eigenvalue weighted by Gasteiger charge is -2.12. The molecule has 0 aromatic heterocycles. The van der Waals surface area contributed by atoms with Gasteiger partial charge in [0.15, 0.2) is 5.75 Å². The average Bonchev–Trinajstić information content (AvgIpc) is 2.28. The van der Waals surface area contributed by atoms with E-state index in [1.54, 1.807) is 25.1 Å². The first kappa shape index (κ1) is 12.1. The number of hydrogen-bond donors (Lipinski definition) is 1. The Hall–Kier alpha value is -2.35. The maximum Gasteiger partial charge on any atom is 0.228 e. The quantitative estimate of drug-likeness (QED) is 0.831. The largest absolute Gasteiger partial charge is 0.461 e. The molecule has 2 aromatic rings. The normalized spacial score (nSPS) is 10.3. The van der Waals surface area contributed by atoms with Crippen LogP contribution in [0.1, 0.15) is 11.1 Å². The molecular formula is C13H10F2N2O. The number of fused-ring (bicyclic) bond motifs is 1. The van der Waals surface area contributed by atoms with Gasteiger partial charge in [-0.1, -0.05) is 0 Å². The van der Waals surface area contributed by atoms with E-state index in [0.717, 1.165) is 0 Å². The summed E-state index contributed by atoms with van der Waals surface area (Å²) < 4.78 is 30.9. The van der Waals surface area contributed by atoms with E-state index in [2.05, 4.69) is 0 Å². The summed E-state index contributed by atoms with van der Waals surface area (Å²) in [5.74, 6) is -0.828. The number of nitrogen functional groups attached to an aromatic ring is 1. The van der Waals surface area contributed by atoms with Crippen molar-refractivity contribution in [3.8, 4) is 11.8 Å². The molecule has 0 spiro atoms. The maximum atomic E-state index is 13.7. The van der Waals surface area contributed by atoms with Gasteiger partial charge in [-0.3, -0.25) is 0 Å². The van der Waals surface area contributed by atoms with Crippen LogP contribution < -0.4 is 10.5 Å². The molecule has 2 rings (SSSR count). The van der Waals surface area contributed by atoms with Crippen LogP contribution in [0.5, 0.6) is 5.75 Å². The van der Waals surface area contributed by atoms with Crippen molar-refractivity contribution in [2.45, 2.75) is 6.92 Å². The fourth-order valence-corrected chi connectivity index (χ4v) is 2.01. The van der Waals surface area contributed by atoms with Crippen LogP contribution in [-0.4, -0.2) is 6.86 Å². The van der Waals surface area contributed by atoms with Gasteiger partial charge >= 0.3 is 0 Å². The minimum Gasteiger partial charge on any atom is -0.461 e. The highest BCUT2D eigenvalue weighted by Crippen LogP contribution is 2.35. The first-order valence-electron chi connectivity index (χ1n) is 5.19. The molecule has 5 heteroatoms. The van der Waals surface area contributed by atoms with Gasteiger partial charge in [0.25, 0.3) is 0 Å². The minimum atomic E-state index is -1.13. The predicted molar refractivity (Wildman–Crippen MR) is 64.4 cm³/mol. The Kier molecular flexibility index (Phi) is 3.02. The first-order chi connectivity index (χ1) is 8.58. The summed E-state index contributed by atoms with van der Waals surface area (Å²) in [6, 6.07) is 6.09. The Morgan fingerprint density at radius 1 is 1.39 bits per heavy atom. The second-order valence-corrected chi connectivity index (χ2v) is 3.86. The molecule has 0 fully saturated rings. The number of alkyl halides is 1. The van der Waals surface area contributed by atoms with Gasteiger partial charge in [0.05, 0.1) is 0 Å². The van der Waals surface area contributed by atoms with Crippen LogP contribution in [0.2, 0.25) is 0 Å². The van der Waals surface area contributed by atoms with Crippen LogP contribution in [0.3, 0.4) is 0 Å². The lowest BCUT2D eigenvalue weighted by atomic mass is 10.00. The van der Waals surface area contributed by atoms with Gasteiger partial charge in [0.1, 0.15) is 17.4 Å². The lowest BCUT2D eigenvalue weighted by molar-refractivity contribution is 0.193. The highest BCUT2D eigenvalue weighted by Gasteiger charge is 2.16. The number of benzene rings is 2. The number of halogens is 2. The van der Waals surface area contributed by atoms with E-state index in [1.165, 1.54) is 6.07 Å². The Bertz CT molecular complexity index is 662. The number of anilines is 1. The molecule has 2 N–H and O–H groups in total. The average molecular weight is 248 g/mol. The molecule has 0 amide bonds. The van der Waals surface area contributed by atoms with Crippen molar-refractivity contribution < 1.29 is 13.5 Å². The van der Waals surface area contributed by atoms with Gasteiger partial charge in [-0.05, 0) is 36.1 Å². The fourth-order valence-electron chi connectivity index (χ4n) is 2.01. The van der Waals surface area contributed by atoms with Crippen LogP contribution in [0.15, 0.2) is 18.2 Å². The number of ether oxygens (including phenoxy) is 1. The van der Waals surface area contributed by atoms with Crippen molar-refractivity contribution in [3.05, 3.63) is 35.1 Å².